The zero-order chi connectivity index (χ0) is 25.7. The third-order valence-corrected chi connectivity index (χ3v) is 7.58. The molecule has 1 fully saturated rings. The molecule has 0 saturated carbocycles. The van der Waals surface area contributed by atoms with Crippen molar-refractivity contribution in [1.29, 1.82) is 0 Å². The van der Waals surface area contributed by atoms with Crippen molar-refractivity contribution in [2.24, 2.45) is 0 Å². The quantitative estimate of drug-likeness (QED) is 0.154. The van der Waals surface area contributed by atoms with Gasteiger partial charge >= 0.3 is 5.97 Å². The van der Waals surface area contributed by atoms with Gasteiger partial charge in [-0.1, -0.05) is 42.2 Å². The van der Waals surface area contributed by atoms with Crippen LogP contribution in [0.2, 0.25) is 0 Å². The SMILES string of the molecule is COc1ccc(CCN2C(=O)/C(=C\c3ccc(OC(=O)c4cccs4)c(OC)c3)SC2=S)cc1OC. The number of thiocarbonyl (C=S) groups is 1. The molecule has 1 saturated heterocycles. The van der Waals surface area contributed by atoms with Crippen molar-refractivity contribution in [3.63, 3.8) is 0 Å². The molecular weight excluding hydrogens is 518 g/mol. The Morgan fingerprint density at radius 1 is 0.972 bits per heavy atom. The molecule has 0 spiro atoms. The maximum absolute atomic E-state index is 13.1. The Morgan fingerprint density at radius 2 is 1.69 bits per heavy atom. The Labute approximate surface area is 222 Å². The molecule has 7 nitrogen and oxygen atoms in total. The minimum Gasteiger partial charge on any atom is -0.493 e. The monoisotopic (exact) mass is 541 g/mol. The fraction of sp³-hybridized carbons (Fsp3) is 0.192. The predicted molar refractivity (Wildman–Crippen MR) is 145 cm³/mol. The van der Waals surface area contributed by atoms with Crippen LogP contribution in [-0.2, 0) is 11.2 Å². The second kappa shape index (κ2) is 11.6. The van der Waals surface area contributed by atoms with E-state index in [0.29, 0.717) is 50.1 Å². The Balaban J connectivity index is 1.45. The summed E-state index contributed by atoms with van der Waals surface area (Å²) in [5.74, 6) is 1.37. The zero-order valence-electron chi connectivity index (χ0n) is 19.8. The molecule has 3 aromatic rings. The molecule has 2 aromatic carbocycles. The van der Waals surface area contributed by atoms with Gasteiger partial charge in [-0.2, -0.15) is 0 Å². The molecule has 0 bridgehead atoms. The number of hydrogen-bond acceptors (Lipinski definition) is 9. The van der Waals surface area contributed by atoms with E-state index < -0.39 is 5.97 Å². The van der Waals surface area contributed by atoms with E-state index in [1.165, 1.54) is 30.2 Å². The van der Waals surface area contributed by atoms with Gasteiger partial charge in [0.25, 0.3) is 5.91 Å². The lowest BCUT2D eigenvalue weighted by molar-refractivity contribution is -0.122. The molecule has 0 N–H and O–H groups in total. The summed E-state index contributed by atoms with van der Waals surface area (Å²) in [6.45, 7) is 0.443. The lowest BCUT2D eigenvalue weighted by atomic mass is 10.1. The van der Waals surface area contributed by atoms with Crippen molar-refractivity contribution in [3.8, 4) is 23.0 Å². The van der Waals surface area contributed by atoms with E-state index >= 15 is 0 Å². The average molecular weight is 542 g/mol. The van der Waals surface area contributed by atoms with Gasteiger partial charge < -0.3 is 18.9 Å². The number of esters is 1. The standard InChI is InChI=1S/C26H23NO6S3/c1-30-18-8-6-16(13-20(18)31-2)10-11-27-24(28)23(36-26(27)34)15-17-7-9-19(21(14-17)32-3)33-25(29)22-5-4-12-35-22/h4-9,12-15H,10-11H2,1-3H3/b23-15+. The molecule has 1 aliphatic rings. The summed E-state index contributed by atoms with van der Waals surface area (Å²) >= 11 is 8.02. The molecule has 0 aliphatic carbocycles. The number of carbonyl (C=O) groups excluding carboxylic acids is 2. The molecule has 0 radical (unpaired) electrons. The van der Waals surface area contributed by atoms with Crippen molar-refractivity contribution in [1.82, 2.24) is 4.90 Å². The molecule has 10 heteroatoms. The first-order valence-electron chi connectivity index (χ1n) is 10.8. The maximum atomic E-state index is 13.1. The fourth-order valence-corrected chi connectivity index (χ4v) is 5.43. The van der Waals surface area contributed by atoms with Crippen molar-refractivity contribution < 1.29 is 28.5 Å². The van der Waals surface area contributed by atoms with Crippen LogP contribution in [-0.4, -0.2) is 49.0 Å². The van der Waals surface area contributed by atoms with Gasteiger partial charge in [0.1, 0.15) is 9.20 Å². The van der Waals surface area contributed by atoms with Gasteiger partial charge in [0.05, 0.1) is 26.2 Å². The van der Waals surface area contributed by atoms with E-state index in [2.05, 4.69) is 0 Å². The largest absolute Gasteiger partial charge is 0.493 e. The Kier molecular flexibility index (Phi) is 8.29. The van der Waals surface area contributed by atoms with Crippen LogP contribution in [0, 0.1) is 0 Å². The molecule has 186 valence electrons. The highest BCUT2D eigenvalue weighted by Gasteiger charge is 2.31. The van der Waals surface area contributed by atoms with E-state index in [0.717, 1.165) is 11.1 Å². The Hall–Kier alpha value is -3.34. The van der Waals surface area contributed by atoms with E-state index in [4.69, 9.17) is 31.2 Å². The molecule has 4 rings (SSSR count). The fourth-order valence-electron chi connectivity index (χ4n) is 3.52. The number of thiophene rings is 1. The third-order valence-electron chi connectivity index (χ3n) is 5.36. The summed E-state index contributed by atoms with van der Waals surface area (Å²) in [5, 5.41) is 1.81. The Morgan fingerprint density at radius 3 is 2.39 bits per heavy atom. The molecule has 1 amide bonds. The van der Waals surface area contributed by atoms with Gasteiger partial charge in [-0.3, -0.25) is 9.69 Å². The van der Waals surface area contributed by atoms with Crippen LogP contribution in [0.4, 0.5) is 0 Å². The normalized spacial score (nSPS) is 14.3. The average Bonchev–Trinajstić information content (AvgIpc) is 3.52. The van der Waals surface area contributed by atoms with Gasteiger partial charge in [-0.25, -0.2) is 4.79 Å². The molecule has 2 heterocycles. The highest BCUT2D eigenvalue weighted by molar-refractivity contribution is 8.26. The zero-order valence-corrected chi connectivity index (χ0v) is 22.3. The first-order valence-corrected chi connectivity index (χ1v) is 12.9. The van der Waals surface area contributed by atoms with Crippen molar-refractivity contribution in [2.45, 2.75) is 6.42 Å². The van der Waals surface area contributed by atoms with Gasteiger partial charge in [0, 0.05) is 6.54 Å². The van der Waals surface area contributed by atoms with Crippen molar-refractivity contribution in [3.05, 3.63) is 74.8 Å². The number of thioether (sulfide) groups is 1. The minimum atomic E-state index is -0.452. The van der Waals surface area contributed by atoms with Gasteiger partial charge in [0.2, 0.25) is 0 Å². The first kappa shape index (κ1) is 25.7. The minimum absolute atomic E-state index is 0.155. The second-order valence-electron chi connectivity index (χ2n) is 7.55. The van der Waals surface area contributed by atoms with Crippen molar-refractivity contribution in [2.75, 3.05) is 27.9 Å². The number of carbonyl (C=O) groups is 2. The van der Waals surface area contributed by atoms with E-state index in [1.807, 2.05) is 18.2 Å². The molecular formula is C26H23NO6S3. The summed E-state index contributed by atoms with van der Waals surface area (Å²) in [6.07, 6.45) is 2.36. The van der Waals surface area contributed by atoms with Crippen LogP contribution in [0.25, 0.3) is 6.08 Å². The van der Waals surface area contributed by atoms with E-state index in [-0.39, 0.29) is 5.91 Å². The van der Waals surface area contributed by atoms with Crippen LogP contribution in [0.3, 0.4) is 0 Å². The molecule has 1 aromatic heterocycles. The van der Waals surface area contributed by atoms with Gasteiger partial charge in [-0.05, 0) is 59.3 Å². The number of ether oxygens (including phenoxy) is 4. The van der Waals surface area contributed by atoms with Crippen molar-refractivity contribution >= 4 is 57.6 Å². The first-order chi connectivity index (χ1) is 17.4. The summed E-state index contributed by atoms with van der Waals surface area (Å²) in [5.41, 5.74) is 1.73. The number of methoxy groups -OCH3 is 3. The lowest BCUT2D eigenvalue weighted by Gasteiger charge is -2.15. The molecule has 0 atom stereocenters. The number of benzene rings is 2. The number of hydrogen-bond donors (Lipinski definition) is 0. The molecule has 1 aliphatic heterocycles. The van der Waals surface area contributed by atoms with E-state index in [9.17, 15) is 9.59 Å². The summed E-state index contributed by atoms with van der Waals surface area (Å²) in [7, 11) is 4.67. The second-order valence-corrected chi connectivity index (χ2v) is 10.2. The highest BCUT2D eigenvalue weighted by atomic mass is 32.2. The summed E-state index contributed by atoms with van der Waals surface area (Å²) < 4.78 is 22.0. The van der Waals surface area contributed by atoms with Gasteiger partial charge in [-0.15, -0.1) is 11.3 Å². The Bertz CT molecular complexity index is 1320. The van der Waals surface area contributed by atoms with E-state index in [1.54, 1.807) is 60.9 Å². The maximum Gasteiger partial charge on any atom is 0.353 e. The van der Waals surface area contributed by atoms with Crippen LogP contribution in [0.5, 0.6) is 23.0 Å². The molecule has 0 unspecified atom stereocenters. The topological polar surface area (TPSA) is 74.3 Å². The number of nitrogens with zero attached hydrogens (tertiary/aromatic N) is 1. The van der Waals surface area contributed by atoms with Crippen LogP contribution in [0.1, 0.15) is 20.8 Å². The summed E-state index contributed by atoms with van der Waals surface area (Å²) in [4.78, 5) is 28.0. The van der Waals surface area contributed by atoms with Crippen LogP contribution < -0.4 is 18.9 Å². The third kappa shape index (κ3) is 5.72. The van der Waals surface area contributed by atoms with Crippen LogP contribution >= 0.6 is 35.3 Å². The lowest BCUT2D eigenvalue weighted by Crippen LogP contribution is -2.30. The number of amides is 1. The highest BCUT2D eigenvalue weighted by Crippen LogP contribution is 2.35. The number of rotatable bonds is 9. The van der Waals surface area contributed by atoms with Crippen LogP contribution in [0.15, 0.2) is 58.8 Å². The smallest absolute Gasteiger partial charge is 0.353 e. The summed E-state index contributed by atoms with van der Waals surface area (Å²) in [6, 6.07) is 14.3. The molecule has 36 heavy (non-hydrogen) atoms. The predicted octanol–water partition coefficient (Wildman–Crippen LogP) is 5.44. The van der Waals surface area contributed by atoms with Gasteiger partial charge in [0.15, 0.2) is 23.0 Å².